The summed E-state index contributed by atoms with van der Waals surface area (Å²) in [5.41, 5.74) is 0.555. The first kappa shape index (κ1) is 25.7. The van der Waals surface area contributed by atoms with Crippen molar-refractivity contribution in [3.8, 4) is 11.5 Å². The van der Waals surface area contributed by atoms with E-state index in [9.17, 15) is 19.2 Å². The van der Waals surface area contributed by atoms with Gasteiger partial charge in [-0.2, -0.15) is 0 Å². The van der Waals surface area contributed by atoms with Crippen LogP contribution in [-0.2, 0) is 11.3 Å². The summed E-state index contributed by atoms with van der Waals surface area (Å²) in [7, 11) is 0. The van der Waals surface area contributed by atoms with Gasteiger partial charge in [0.1, 0.15) is 11.6 Å². The van der Waals surface area contributed by atoms with Gasteiger partial charge in [-0.1, -0.05) is 13.8 Å². The Morgan fingerprint density at radius 3 is 2.38 bits per heavy atom. The molecule has 0 saturated carbocycles. The highest BCUT2D eigenvalue weighted by Crippen LogP contribution is 2.35. The van der Waals surface area contributed by atoms with Gasteiger partial charge in [0.2, 0.25) is 18.1 Å². The summed E-state index contributed by atoms with van der Waals surface area (Å²) in [4.78, 5) is 55.3. The SMILES string of the molecule is CCn1cc(C(=O)N[C@H](C(=O)NCCNC(=O)c2ccncc2)C(C)C)c(=O)c2cc3c(cc21)OCO3. The molecule has 0 radical (unpaired) electrons. The van der Waals surface area contributed by atoms with E-state index >= 15 is 0 Å². The van der Waals surface area contributed by atoms with Crippen LogP contribution in [0.3, 0.4) is 0 Å². The summed E-state index contributed by atoms with van der Waals surface area (Å²) < 4.78 is 12.6. The van der Waals surface area contributed by atoms with Crippen molar-refractivity contribution in [2.75, 3.05) is 19.9 Å². The number of pyridine rings is 2. The van der Waals surface area contributed by atoms with Crippen molar-refractivity contribution in [1.29, 1.82) is 0 Å². The summed E-state index contributed by atoms with van der Waals surface area (Å²) in [6, 6.07) is 5.60. The largest absolute Gasteiger partial charge is 0.454 e. The number of fused-ring (bicyclic) bond motifs is 2. The van der Waals surface area contributed by atoms with Crippen molar-refractivity contribution >= 4 is 28.6 Å². The minimum atomic E-state index is -0.884. The molecule has 4 rings (SSSR count). The zero-order chi connectivity index (χ0) is 26.5. The first-order valence-electron chi connectivity index (χ1n) is 12.0. The van der Waals surface area contributed by atoms with Gasteiger partial charge in [0, 0.05) is 49.9 Å². The molecule has 2 aromatic heterocycles. The minimum Gasteiger partial charge on any atom is -0.454 e. The molecule has 1 aromatic carbocycles. The Morgan fingerprint density at radius 2 is 1.70 bits per heavy atom. The van der Waals surface area contributed by atoms with E-state index in [1.165, 1.54) is 18.6 Å². The highest BCUT2D eigenvalue weighted by molar-refractivity contribution is 6.00. The van der Waals surface area contributed by atoms with E-state index in [4.69, 9.17) is 9.47 Å². The Labute approximate surface area is 213 Å². The number of carbonyl (C=O) groups is 3. The van der Waals surface area contributed by atoms with Crippen molar-refractivity contribution in [2.24, 2.45) is 5.92 Å². The molecule has 0 bridgehead atoms. The molecule has 3 amide bonds. The molecule has 11 nitrogen and oxygen atoms in total. The number of nitrogens with one attached hydrogen (secondary N) is 3. The lowest BCUT2D eigenvalue weighted by molar-refractivity contribution is -0.123. The van der Waals surface area contributed by atoms with Crippen LogP contribution in [0.4, 0.5) is 0 Å². The molecule has 1 aliphatic heterocycles. The number of benzene rings is 1. The first-order valence-corrected chi connectivity index (χ1v) is 12.0. The van der Waals surface area contributed by atoms with Crippen LogP contribution in [0.25, 0.3) is 10.9 Å². The maximum atomic E-state index is 13.2. The lowest BCUT2D eigenvalue weighted by Crippen LogP contribution is -2.51. The molecule has 37 heavy (non-hydrogen) atoms. The average molecular weight is 508 g/mol. The van der Waals surface area contributed by atoms with Crippen molar-refractivity contribution in [3.05, 3.63) is 64.2 Å². The summed E-state index contributed by atoms with van der Waals surface area (Å²) >= 11 is 0. The second-order valence-corrected chi connectivity index (χ2v) is 8.86. The number of hydrogen-bond donors (Lipinski definition) is 3. The number of nitrogens with zero attached hydrogens (tertiary/aromatic N) is 2. The van der Waals surface area contributed by atoms with Crippen molar-refractivity contribution in [1.82, 2.24) is 25.5 Å². The zero-order valence-electron chi connectivity index (χ0n) is 20.9. The molecule has 1 atom stereocenters. The molecule has 0 aliphatic carbocycles. The summed E-state index contributed by atoms with van der Waals surface area (Å²) in [6.07, 6.45) is 4.53. The average Bonchev–Trinajstić information content (AvgIpc) is 3.36. The van der Waals surface area contributed by atoms with Gasteiger partial charge < -0.3 is 30.0 Å². The van der Waals surface area contributed by atoms with Gasteiger partial charge in [-0.25, -0.2) is 0 Å². The predicted molar refractivity (Wildman–Crippen MR) is 136 cm³/mol. The number of rotatable bonds is 9. The van der Waals surface area contributed by atoms with Gasteiger partial charge >= 0.3 is 0 Å². The number of hydrogen-bond acceptors (Lipinski definition) is 7. The minimum absolute atomic E-state index is 0.0674. The molecule has 0 fully saturated rings. The van der Waals surface area contributed by atoms with E-state index in [0.717, 1.165) is 0 Å². The van der Waals surface area contributed by atoms with Gasteiger partial charge in [-0.05, 0) is 31.0 Å². The van der Waals surface area contributed by atoms with Crippen LogP contribution in [0.15, 0.2) is 47.7 Å². The second-order valence-electron chi connectivity index (χ2n) is 8.86. The fourth-order valence-electron chi connectivity index (χ4n) is 4.03. The van der Waals surface area contributed by atoms with Crippen molar-refractivity contribution < 1.29 is 23.9 Å². The number of aromatic nitrogens is 2. The normalized spacial score (nSPS) is 12.9. The van der Waals surface area contributed by atoms with Crippen molar-refractivity contribution in [3.63, 3.8) is 0 Å². The molecule has 0 spiro atoms. The van der Waals surface area contributed by atoms with Gasteiger partial charge in [0.25, 0.3) is 11.8 Å². The maximum Gasteiger partial charge on any atom is 0.257 e. The van der Waals surface area contributed by atoms with Crippen molar-refractivity contribution in [2.45, 2.75) is 33.4 Å². The van der Waals surface area contributed by atoms with Crippen LogP contribution >= 0.6 is 0 Å². The highest BCUT2D eigenvalue weighted by Gasteiger charge is 2.27. The monoisotopic (exact) mass is 507 g/mol. The highest BCUT2D eigenvalue weighted by atomic mass is 16.7. The van der Waals surface area contributed by atoms with E-state index in [-0.39, 0.29) is 37.3 Å². The molecule has 0 unspecified atom stereocenters. The Morgan fingerprint density at radius 1 is 1.03 bits per heavy atom. The molecule has 3 aromatic rings. The number of ether oxygens (including phenoxy) is 2. The third-order valence-electron chi connectivity index (χ3n) is 6.05. The standard InChI is InChI=1S/C26H29N5O6/c1-4-31-13-18(23(32)17-11-20-21(12-19(17)31)37-14-36-20)25(34)30-22(15(2)3)26(35)29-10-9-28-24(33)16-5-7-27-8-6-16/h5-8,11-13,15,22H,4,9-10,14H2,1-3H3,(H,28,33)(H,29,35)(H,30,34)/t22-/m0/s1. The number of amides is 3. The van der Waals surface area contributed by atoms with Crippen LogP contribution in [0, 0.1) is 5.92 Å². The molecule has 194 valence electrons. The lowest BCUT2D eigenvalue weighted by atomic mass is 10.0. The fourth-order valence-corrected chi connectivity index (χ4v) is 4.03. The number of carbonyl (C=O) groups excluding carboxylic acids is 3. The summed E-state index contributed by atoms with van der Waals surface area (Å²) in [5, 5.41) is 8.47. The van der Waals surface area contributed by atoms with E-state index in [1.54, 1.807) is 42.7 Å². The molecule has 11 heteroatoms. The topological polar surface area (TPSA) is 141 Å². The van der Waals surface area contributed by atoms with Gasteiger partial charge in [-0.3, -0.25) is 24.2 Å². The molecule has 1 aliphatic rings. The van der Waals surface area contributed by atoms with Crippen LogP contribution in [0.5, 0.6) is 11.5 Å². The third-order valence-corrected chi connectivity index (χ3v) is 6.05. The first-order chi connectivity index (χ1) is 17.8. The van der Waals surface area contributed by atoms with Gasteiger partial charge in [0.05, 0.1) is 10.9 Å². The van der Waals surface area contributed by atoms with Crippen LogP contribution in [0.2, 0.25) is 0 Å². The van der Waals surface area contributed by atoms with E-state index < -0.39 is 23.3 Å². The summed E-state index contributed by atoms with van der Waals surface area (Å²) in [5.74, 6) is -0.609. The van der Waals surface area contributed by atoms with Gasteiger partial charge in [-0.15, -0.1) is 0 Å². The maximum absolute atomic E-state index is 13.2. The predicted octanol–water partition coefficient (Wildman–Crippen LogP) is 1.45. The van der Waals surface area contributed by atoms with E-state index in [1.807, 2.05) is 6.92 Å². The molecule has 3 heterocycles. The second kappa shape index (κ2) is 11.1. The zero-order valence-corrected chi connectivity index (χ0v) is 20.9. The van der Waals surface area contributed by atoms with Crippen LogP contribution in [-0.4, -0.2) is 53.2 Å². The molecule has 0 saturated heterocycles. The van der Waals surface area contributed by atoms with E-state index in [2.05, 4.69) is 20.9 Å². The van der Waals surface area contributed by atoms with Crippen LogP contribution in [0.1, 0.15) is 41.5 Å². The Bertz CT molecular complexity index is 1390. The molecular weight excluding hydrogens is 478 g/mol. The van der Waals surface area contributed by atoms with E-state index in [0.29, 0.717) is 34.5 Å². The molecular formula is C26H29N5O6. The third kappa shape index (κ3) is 5.55. The summed E-state index contributed by atoms with van der Waals surface area (Å²) in [6.45, 7) is 6.43. The lowest BCUT2D eigenvalue weighted by Gasteiger charge is -2.22. The number of aryl methyl sites for hydroxylation is 1. The quantitative estimate of drug-likeness (QED) is 0.372. The van der Waals surface area contributed by atoms with Gasteiger partial charge in [0.15, 0.2) is 11.5 Å². The fraction of sp³-hybridized carbons (Fsp3) is 0.346. The smallest absolute Gasteiger partial charge is 0.257 e. The van der Waals surface area contributed by atoms with Crippen LogP contribution < -0.4 is 30.9 Å². The molecule has 3 N–H and O–H groups in total. The Hall–Kier alpha value is -4.41. The Balaban J connectivity index is 1.44. The Kier molecular flexibility index (Phi) is 7.71.